The maximum absolute atomic E-state index is 12.8. The highest BCUT2D eigenvalue weighted by Gasteiger charge is 2.11. The van der Waals surface area contributed by atoms with E-state index in [1.807, 2.05) is 0 Å². The number of carbonyl (C=O) groups is 2. The summed E-state index contributed by atoms with van der Waals surface area (Å²) in [7, 11) is 1.66. The van der Waals surface area contributed by atoms with Crippen molar-refractivity contribution in [2.24, 2.45) is 0 Å². The summed E-state index contributed by atoms with van der Waals surface area (Å²) in [4.78, 5) is 25.2. The van der Waals surface area contributed by atoms with Crippen LogP contribution in [-0.4, -0.2) is 36.9 Å². The molecule has 2 N–H and O–H groups in total. The first-order chi connectivity index (χ1) is 11.0. The summed E-state index contributed by atoms with van der Waals surface area (Å²) in [6.45, 7) is 0.435. The van der Waals surface area contributed by atoms with Gasteiger partial charge in [0.15, 0.2) is 0 Å². The van der Waals surface area contributed by atoms with Crippen molar-refractivity contribution in [3.05, 3.63) is 54.2 Å². The van der Waals surface area contributed by atoms with Gasteiger partial charge in [0.2, 0.25) is 11.8 Å². The molecule has 0 bridgehead atoms. The number of rotatable bonds is 7. The number of benzene rings is 1. The third kappa shape index (κ3) is 5.91. The summed E-state index contributed by atoms with van der Waals surface area (Å²) in [5.74, 6) is -0.195. The fraction of sp³-hybridized carbons (Fsp3) is 0.250. The van der Waals surface area contributed by atoms with Crippen molar-refractivity contribution in [1.82, 2.24) is 10.2 Å². The second-order valence-corrected chi connectivity index (χ2v) is 5.08. The van der Waals surface area contributed by atoms with Gasteiger partial charge in [0.25, 0.3) is 0 Å². The molecule has 2 aromatic rings. The van der Waals surface area contributed by atoms with E-state index >= 15 is 0 Å². The minimum Gasteiger partial charge on any atom is -0.467 e. The van der Waals surface area contributed by atoms with Crippen LogP contribution in [0.2, 0.25) is 0 Å². The van der Waals surface area contributed by atoms with Crippen LogP contribution in [0.15, 0.2) is 47.1 Å². The van der Waals surface area contributed by atoms with Gasteiger partial charge >= 0.3 is 0 Å². The molecule has 6 nitrogen and oxygen atoms in total. The predicted molar refractivity (Wildman–Crippen MR) is 83.1 cm³/mol. The smallest absolute Gasteiger partial charge is 0.238 e. The number of nitrogens with zero attached hydrogens (tertiary/aromatic N) is 1. The molecule has 1 aromatic carbocycles. The molecule has 2 rings (SSSR count). The lowest BCUT2D eigenvalue weighted by molar-refractivity contribution is -0.123. The molecule has 23 heavy (non-hydrogen) atoms. The van der Waals surface area contributed by atoms with Crippen LogP contribution in [0.25, 0.3) is 0 Å². The van der Waals surface area contributed by atoms with Gasteiger partial charge in [-0.2, -0.15) is 0 Å². The number of nitrogens with one attached hydrogen (secondary N) is 2. The van der Waals surface area contributed by atoms with E-state index < -0.39 is 0 Å². The quantitative estimate of drug-likeness (QED) is 0.813. The third-order valence-corrected chi connectivity index (χ3v) is 2.99. The number of hydrogen-bond acceptors (Lipinski definition) is 4. The number of hydrogen-bond donors (Lipinski definition) is 2. The minimum absolute atomic E-state index is 0.0472. The SMILES string of the molecule is CN(CC(=O)NCc1ccco1)CC(=O)Nc1ccc(F)cc1. The highest BCUT2D eigenvalue weighted by molar-refractivity contribution is 5.92. The van der Waals surface area contributed by atoms with Gasteiger partial charge in [-0.15, -0.1) is 0 Å². The lowest BCUT2D eigenvalue weighted by Gasteiger charge is -2.15. The fourth-order valence-corrected chi connectivity index (χ4v) is 1.93. The molecule has 0 radical (unpaired) electrons. The standard InChI is InChI=1S/C16H18FN3O3/c1-20(10-15(21)18-9-14-3-2-8-23-14)11-16(22)19-13-6-4-12(17)5-7-13/h2-8H,9-11H2,1H3,(H,18,21)(H,19,22). The number of carbonyl (C=O) groups excluding carboxylic acids is 2. The molecule has 0 fully saturated rings. The van der Waals surface area contributed by atoms with E-state index in [9.17, 15) is 14.0 Å². The Balaban J connectivity index is 1.70. The molecular weight excluding hydrogens is 301 g/mol. The Hall–Kier alpha value is -2.67. The number of halogens is 1. The van der Waals surface area contributed by atoms with Gasteiger partial charge < -0.3 is 15.1 Å². The first-order valence-corrected chi connectivity index (χ1v) is 7.06. The van der Waals surface area contributed by atoms with E-state index in [0.717, 1.165) is 0 Å². The van der Waals surface area contributed by atoms with Crippen LogP contribution in [-0.2, 0) is 16.1 Å². The van der Waals surface area contributed by atoms with E-state index in [4.69, 9.17) is 4.42 Å². The van der Waals surface area contributed by atoms with Crippen molar-refractivity contribution in [1.29, 1.82) is 0 Å². The van der Waals surface area contributed by atoms with Crippen molar-refractivity contribution in [3.8, 4) is 0 Å². The van der Waals surface area contributed by atoms with Crippen LogP contribution < -0.4 is 10.6 Å². The van der Waals surface area contributed by atoms with Crippen molar-refractivity contribution < 1.29 is 18.4 Å². The molecule has 7 heteroatoms. The maximum atomic E-state index is 12.8. The van der Waals surface area contributed by atoms with Gasteiger partial charge in [-0.1, -0.05) is 0 Å². The number of anilines is 1. The summed E-state index contributed by atoms with van der Waals surface area (Å²) >= 11 is 0. The van der Waals surface area contributed by atoms with Crippen LogP contribution in [0.5, 0.6) is 0 Å². The maximum Gasteiger partial charge on any atom is 0.238 e. The zero-order chi connectivity index (χ0) is 16.7. The molecule has 0 aliphatic carbocycles. The average molecular weight is 319 g/mol. The molecule has 2 amide bonds. The van der Waals surface area contributed by atoms with Gasteiger partial charge in [-0.05, 0) is 43.4 Å². The summed E-state index contributed by atoms with van der Waals surface area (Å²) in [5, 5.41) is 5.33. The Morgan fingerprint density at radius 1 is 1.13 bits per heavy atom. The van der Waals surface area contributed by atoms with Crippen LogP contribution in [0.4, 0.5) is 10.1 Å². The topological polar surface area (TPSA) is 74.6 Å². The molecule has 0 aliphatic heterocycles. The van der Waals surface area contributed by atoms with Gasteiger partial charge in [-0.3, -0.25) is 14.5 Å². The van der Waals surface area contributed by atoms with Crippen molar-refractivity contribution in [2.45, 2.75) is 6.54 Å². The third-order valence-electron chi connectivity index (χ3n) is 2.99. The molecule has 0 saturated carbocycles. The Bertz CT molecular complexity index is 641. The summed E-state index contributed by atoms with van der Waals surface area (Å²) in [6.07, 6.45) is 1.54. The average Bonchev–Trinajstić information content (AvgIpc) is 3.00. The van der Waals surface area contributed by atoms with E-state index in [2.05, 4.69) is 10.6 Å². The number of furan rings is 1. The molecular formula is C16H18FN3O3. The largest absolute Gasteiger partial charge is 0.467 e. The normalized spacial score (nSPS) is 10.6. The number of amides is 2. The fourth-order valence-electron chi connectivity index (χ4n) is 1.93. The summed E-state index contributed by atoms with van der Waals surface area (Å²) < 4.78 is 17.9. The van der Waals surface area contributed by atoms with Crippen molar-refractivity contribution >= 4 is 17.5 Å². The molecule has 0 aliphatic rings. The zero-order valence-corrected chi connectivity index (χ0v) is 12.7. The molecule has 122 valence electrons. The zero-order valence-electron chi connectivity index (χ0n) is 12.7. The second-order valence-electron chi connectivity index (χ2n) is 5.08. The van der Waals surface area contributed by atoms with Gasteiger partial charge in [0.05, 0.1) is 25.9 Å². The van der Waals surface area contributed by atoms with Crippen LogP contribution in [0, 0.1) is 5.82 Å². The summed E-state index contributed by atoms with van der Waals surface area (Å²) in [6, 6.07) is 8.99. The molecule has 0 unspecified atom stereocenters. The van der Waals surface area contributed by atoms with E-state index in [-0.39, 0.29) is 30.7 Å². The highest BCUT2D eigenvalue weighted by Crippen LogP contribution is 2.08. The first-order valence-electron chi connectivity index (χ1n) is 7.06. The summed E-state index contributed by atoms with van der Waals surface area (Å²) in [5.41, 5.74) is 0.507. The lowest BCUT2D eigenvalue weighted by atomic mass is 10.3. The monoisotopic (exact) mass is 319 g/mol. The van der Waals surface area contributed by atoms with Crippen molar-refractivity contribution in [2.75, 3.05) is 25.5 Å². The van der Waals surface area contributed by atoms with E-state index in [1.54, 1.807) is 24.1 Å². The lowest BCUT2D eigenvalue weighted by Crippen LogP contribution is -2.38. The predicted octanol–water partition coefficient (Wildman–Crippen LogP) is 1.61. The molecule has 0 saturated heterocycles. The van der Waals surface area contributed by atoms with Gasteiger partial charge in [0, 0.05) is 5.69 Å². The van der Waals surface area contributed by atoms with Crippen LogP contribution in [0.1, 0.15) is 5.76 Å². The second kappa shape index (κ2) is 8.09. The van der Waals surface area contributed by atoms with Gasteiger partial charge in [-0.25, -0.2) is 4.39 Å². The molecule has 0 atom stereocenters. The molecule has 1 aromatic heterocycles. The Kier molecular flexibility index (Phi) is 5.87. The molecule has 1 heterocycles. The van der Waals surface area contributed by atoms with E-state index in [1.165, 1.54) is 30.5 Å². The minimum atomic E-state index is -0.367. The molecule has 0 spiro atoms. The van der Waals surface area contributed by atoms with Crippen LogP contribution in [0.3, 0.4) is 0 Å². The Morgan fingerprint density at radius 3 is 2.48 bits per heavy atom. The Labute approximate surface area is 133 Å². The highest BCUT2D eigenvalue weighted by atomic mass is 19.1. The van der Waals surface area contributed by atoms with Crippen molar-refractivity contribution in [3.63, 3.8) is 0 Å². The van der Waals surface area contributed by atoms with E-state index in [0.29, 0.717) is 18.0 Å². The van der Waals surface area contributed by atoms with Gasteiger partial charge in [0.1, 0.15) is 11.6 Å². The first kappa shape index (κ1) is 16.7. The Morgan fingerprint density at radius 2 is 1.83 bits per heavy atom. The number of likely N-dealkylation sites (N-methyl/N-ethyl adjacent to an activating group) is 1. The van der Waals surface area contributed by atoms with Crippen LogP contribution >= 0.6 is 0 Å².